The molecule has 3 nitrogen and oxygen atoms in total. The zero-order chi connectivity index (χ0) is 11.5. The zero-order valence-electron chi connectivity index (χ0n) is 9.90. The van der Waals surface area contributed by atoms with Gasteiger partial charge in [0.1, 0.15) is 0 Å². The highest BCUT2D eigenvalue weighted by Crippen LogP contribution is 2.13. The fraction of sp³-hybridized carbons (Fsp3) is 0.308. The number of rotatable bonds is 3. The molecule has 0 unspecified atom stereocenters. The molecule has 0 N–H and O–H groups in total. The van der Waals surface area contributed by atoms with Gasteiger partial charge in [0.05, 0.1) is 18.0 Å². The molecule has 1 heterocycles. The van der Waals surface area contributed by atoms with Crippen LogP contribution in [-0.2, 0) is 11.3 Å². The Labute approximate surface area is 95.7 Å². The Balaban J connectivity index is 2.34. The summed E-state index contributed by atoms with van der Waals surface area (Å²) in [7, 11) is 1.68. The van der Waals surface area contributed by atoms with E-state index in [9.17, 15) is 0 Å². The number of methoxy groups -OCH3 is 1. The summed E-state index contributed by atoms with van der Waals surface area (Å²) in [5.41, 5.74) is 4.54. The summed E-state index contributed by atoms with van der Waals surface area (Å²) in [5, 5.41) is 4.44. The molecule has 0 aliphatic carbocycles. The van der Waals surface area contributed by atoms with Crippen LogP contribution in [0, 0.1) is 13.8 Å². The van der Waals surface area contributed by atoms with Crippen molar-refractivity contribution in [3.8, 4) is 5.69 Å². The van der Waals surface area contributed by atoms with Crippen LogP contribution in [0.4, 0.5) is 0 Å². The topological polar surface area (TPSA) is 27.1 Å². The van der Waals surface area contributed by atoms with Gasteiger partial charge in [0.15, 0.2) is 0 Å². The molecule has 0 saturated heterocycles. The summed E-state index contributed by atoms with van der Waals surface area (Å²) in [5.74, 6) is 0. The maximum absolute atomic E-state index is 5.05. The Morgan fingerprint density at radius 2 is 1.88 bits per heavy atom. The Hall–Kier alpha value is -1.61. The van der Waals surface area contributed by atoms with E-state index in [1.165, 1.54) is 11.1 Å². The number of hydrogen-bond acceptors (Lipinski definition) is 2. The fourth-order valence-corrected chi connectivity index (χ4v) is 1.81. The Morgan fingerprint density at radius 3 is 2.50 bits per heavy atom. The highest BCUT2D eigenvalue weighted by molar-refractivity contribution is 5.38. The van der Waals surface area contributed by atoms with Crippen LogP contribution in [0.15, 0.2) is 30.5 Å². The quantitative estimate of drug-likeness (QED) is 0.788. The molecule has 0 spiro atoms. The Morgan fingerprint density at radius 1 is 1.19 bits per heavy atom. The Bertz CT molecular complexity index is 468. The Kier molecular flexibility index (Phi) is 3.06. The first-order chi connectivity index (χ1) is 7.69. The third kappa shape index (κ3) is 2.31. The van der Waals surface area contributed by atoms with Crippen LogP contribution in [0.1, 0.15) is 16.8 Å². The minimum atomic E-state index is 0.553. The number of benzene rings is 1. The molecule has 0 aliphatic rings. The first-order valence-corrected chi connectivity index (χ1v) is 5.31. The molecule has 0 saturated carbocycles. The molecule has 1 aromatic carbocycles. The van der Waals surface area contributed by atoms with Crippen LogP contribution < -0.4 is 0 Å². The molecular weight excluding hydrogens is 200 g/mol. The monoisotopic (exact) mass is 216 g/mol. The number of aryl methyl sites for hydroxylation is 2. The zero-order valence-corrected chi connectivity index (χ0v) is 9.90. The fourth-order valence-electron chi connectivity index (χ4n) is 1.81. The van der Waals surface area contributed by atoms with Crippen molar-refractivity contribution in [1.82, 2.24) is 9.78 Å². The molecule has 16 heavy (non-hydrogen) atoms. The summed E-state index contributed by atoms with van der Waals surface area (Å²) in [4.78, 5) is 0. The molecule has 2 aromatic rings. The van der Waals surface area contributed by atoms with Crippen molar-refractivity contribution in [3.63, 3.8) is 0 Å². The van der Waals surface area contributed by atoms with E-state index in [2.05, 4.69) is 37.1 Å². The molecule has 84 valence electrons. The lowest BCUT2D eigenvalue weighted by molar-refractivity contribution is 0.181. The van der Waals surface area contributed by atoms with Gasteiger partial charge >= 0.3 is 0 Å². The predicted octanol–water partition coefficient (Wildman–Crippen LogP) is 2.64. The van der Waals surface area contributed by atoms with Crippen molar-refractivity contribution in [2.24, 2.45) is 0 Å². The molecule has 1 aromatic heterocycles. The summed E-state index contributed by atoms with van der Waals surface area (Å²) in [6, 6.07) is 8.37. The first kappa shape index (κ1) is 10.9. The van der Waals surface area contributed by atoms with E-state index in [1.54, 1.807) is 7.11 Å². The van der Waals surface area contributed by atoms with Gasteiger partial charge in [-0.3, -0.25) is 0 Å². The van der Waals surface area contributed by atoms with Gasteiger partial charge in [0.2, 0.25) is 0 Å². The molecule has 0 amide bonds. The van der Waals surface area contributed by atoms with E-state index in [0.29, 0.717) is 6.61 Å². The molecule has 3 heteroatoms. The van der Waals surface area contributed by atoms with Crippen LogP contribution in [0.2, 0.25) is 0 Å². The van der Waals surface area contributed by atoms with Crippen LogP contribution >= 0.6 is 0 Å². The third-order valence-corrected chi connectivity index (χ3v) is 2.41. The second-order valence-electron chi connectivity index (χ2n) is 4.03. The standard InChI is InChI=1S/C13H16N2O/c1-10-6-11(2)8-13(7-10)15-5-4-12(14-15)9-16-3/h4-8H,9H2,1-3H3. The van der Waals surface area contributed by atoms with Crippen molar-refractivity contribution in [2.45, 2.75) is 20.5 Å². The number of ether oxygens (including phenoxy) is 1. The van der Waals surface area contributed by atoms with Gasteiger partial charge in [-0.1, -0.05) is 6.07 Å². The third-order valence-electron chi connectivity index (χ3n) is 2.41. The largest absolute Gasteiger partial charge is 0.378 e. The number of hydrogen-bond donors (Lipinski definition) is 0. The smallest absolute Gasteiger partial charge is 0.0902 e. The maximum atomic E-state index is 5.05. The first-order valence-electron chi connectivity index (χ1n) is 5.31. The molecule has 0 aliphatic heterocycles. The SMILES string of the molecule is COCc1ccn(-c2cc(C)cc(C)c2)n1. The van der Waals surface area contributed by atoms with Crippen LogP contribution in [-0.4, -0.2) is 16.9 Å². The lowest BCUT2D eigenvalue weighted by Gasteiger charge is -2.04. The molecule has 0 atom stereocenters. The van der Waals surface area contributed by atoms with Crippen molar-refractivity contribution >= 4 is 0 Å². The highest BCUT2D eigenvalue weighted by atomic mass is 16.5. The maximum Gasteiger partial charge on any atom is 0.0902 e. The summed E-state index contributed by atoms with van der Waals surface area (Å²) < 4.78 is 6.93. The van der Waals surface area contributed by atoms with Crippen LogP contribution in [0.3, 0.4) is 0 Å². The van der Waals surface area contributed by atoms with E-state index >= 15 is 0 Å². The van der Waals surface area contributed by atoms with Crippen molar-refractivity contribution in [1.29, 1.82) is 0 Å². The van der Waals surface area contributed by atoms with Gasteiger partial charge in [0, 0.05) is 13.3 Å². The second kappa shape index (κ2) is 4.49. The van der Waals surface area contributed by atoms with E-state index < -0.39 is 0 Å². The summed E-state index contributed by atoms with van der Waals surface area (Å²) in [6.45, 7) is 4.74. The van der Waals surface area contributed by atoms with Crippen molar-refractivity contribution < 1.29 is 4.74 Å². The van der Waals surface area contributed by atoms with E-state index in [-0.39, 0.29) is 0 Å². The molecule has 0 fully saturated rings. The minimum absolute atomic E-state index is 0.553. The number of nitrogens with zero attached hydrogens (tertiary/aromatic N) is 2. The van der Waals surface area contributed by atoms with E-state index in [1.807, 2.05) is 16.9 Å². The average Bonchev–Trinajstić information content (AvgIpc) is 2.65. The van der Waals surface area contributed by atoms with E-state index in [4.69, 9.17) is 4.74 Å². The average molecular weight is 216 g/mol. The van der Waals surface area contributed by atoms with Gasteiger partial charge in [-0.15, -0.1) is 0 Å². The lowest BCUT2D eigenvalue weighted by Crippen LogP contribution is -1.98. The minimum Gasteiger partial charge on any atom is -0.378 e. The molecule has 0 radical (unpaired) electrons. The normalized spacial score (nSPS) is 10.7. The second-order valence-corrected chi connectivity index (χ2v) is 4.03. The van der Waals surface area contributed by atoms with Crippen molar-refractivity contribution in [3.05, 3.63) is 47.3 Å². The predicted molar refractivity (Wildman–Crippen MR) is 63.8 cm³/mol. The van der Waals surface area contributed by atoms with Gasteiger partial charge in [-0.05, 0) is 43.2 Å². The van der Waals surface area contributed by atoms with Gasteiger partial charge in [0.25, 0.3) is 0 Å². The molecule has 0 bridgehead atoms. The number of aromatic nitrogens is 2. The molecular formula is C13H16N2O. The summed E-state index contributed by atoms with van der Waals surface area (Å²) >= 11 is 0. The van der Waals surface area contributed by atoms with Gasteiger partial charge < -0.3 is 4.74 Å². The highest BCUT2D eigenvalue weighted by Gasteiger charge is 2.02. The summed E-state index contributed by atoms with van der Waals surface area (Å²) in [6.07, 6.45) is 1.96. The van der Waals surface area contributed by atoms with Crippen LogP contribution in [0.25, 0.3) is 5.69 Å². The van der Waals surface area contributed by atoms with E-state index in [0.717, 1.165) is 11.4 Å². The van der Waals surface area contributed by atoms with Crippen molar-refractivity contribution in [2.75, 3.05) is 7.11 Å². The van der Waals surface area contributed by atoms with Crippen LogP contribution in [0.5, 0.6) is 0 Å². The van der Waals surface area contributed by atoms with Gasteiger partial charge in [-0.2, -0.15) is 5.10 Å². The lowest BCUT2D eigenvalue weighted by atomic mass is 10.1. The molecule has 2 rings (SSSR count). The van der Waals surface area contributed by atoms with Gasteiger partial charge in [-0.25, -0.2) is 4.68 Å².